The van der Waals surface area contributed by atoms with Gasteiger partial charge in [-0.2, -0.15) is 17.0 Å². The summed E-state index contributed by atoms with van der Waals surface area (Å²) >= 11 is 0. The number of nitrogens with one attached hydrogen (secondary N) is 1. The molecule has 0 aromatic heterocycles. The third kappa shape index (κ3) is 5.08. The van der Waals surface area contributed by atoms with Crippen LogP contribution in [0.5, 0.6) is 0 Å². The van der Waals surface area contributed by atoms with Crippen molar-refractivity contribution >= 4 is 28.5 Å². The fraction of sp³-hybridized carbons (Fsp3) is 0.938. The number of hydrogen-bond acceptors (Lipinski definition) is 5. The molecule has 2 heterocycles. The van der Waals surface area contributed by atoms with E-state index in [0.29, 0.717) is 71.6 Å². The Kier molecular flexibility index (Phi) is 9.25. The first-order valence-electron chi connectivity index (χ1n) is 9.23. The number of halogens is 1. The lowest BCUT2D eigenvalue weighted by Gasteiger charge is -2.37. The van der Waals surface area contributed by atoms with Gasteiger partial charge in [-0.1, -0.05) is 13.8 Å². The van der Waals surface area contributed by atoms with Crippen LogP contribution in [0.2, 0.25) is 0 Å². The van der Waals surface area contributed by atoms with E-state index in [1.54, 1.807) is 0 Å². The third-order valence-electron chi connectivity index (χ3n) is 5.64. The lowest BCUT2D eigenvalue weighted by Crippen LogP contribution is -2.55. The highest BCUT2D eigenvalue weighted by Gasteiger charge is 2.37. The second-order valence-corrected chi connectivity index (χ2v) is 8.79. The number of morpholine rings is 1. The highest BCUT2D eigenvalue weighted by molar-refractivity contribution is 7.86. The average molecular weight is 413 g/mol. The molecule has 2 rings (SSSR count). The summed E-state index contributed by atoms with van der Waals surface area (Å²) in [5, 5.41) is 3.09. The number of hydrogen-bond donors (Lipinski definition) is 2. The Labute approximate surface area is 163 Å². The number of ether oxygens (including phenoxy) is 1. The highest BCUT2D eigenvalue weighted by atomic mass is 35.5. The second-order valence-electron chi connectivity index (χ2n) is 6.86. The fourth-order valence-electron chi connectivity index (χ4n) is 3.46. The maximum Gasteiger partial charge on any atom is 0.282 e. The van der Waals surface area contributed by atoms with Gasteiger partial charge in [0, 0.05) is 38.8 Å². The first-order chi connectivity index (χ1) is 11.9. The number of rotatable bonds is 7. The second kappa shape index (κ2) is 10.2. The molecule has 154 valence electrons. The molecule has 3 N–H and O–H groups in total. The number of nitrogens with two attached hydrogens (primary N) is 1. The van der Waals surface area contributed by atoms with Gasteiger partial charge in [-0.25, -0.2) is 0 Å². The van der Waals surface area contributed by atoms with Crippen molar-refractivity contribution in [2.45, 2.75) is 45.6 Å². The Bertz CT molecular complexity index is 534. The highest BCUT2D eigenvalue weighted by Crippen LogP contribution is 2.26. The zero-order chi connectivity index (χ0) is 18.5. The minimum atomic E-state index is -3.43. The molecule has 8 nitrogen and oxygen atoms in total. The number of nitrogens with zero attached hydrogens (tertiary/aromatic N) is 2. The first kappa shape index (κ1) is 23.6. The minimum Gasteiger partial charge on any atom is -0.379 e. The van der Waals surface area contributed by atoms with Crippen molar-refractivity contribution in [1.82, 2.24) is 13.9 Å². The maximum atomic E-state index is 12.7. The van der Waals surface area contributed by atoms with Crippen LogP contribution in [-0.2, 0) is 19.7 Å². The van der Waals surface area contributed by atoms with Crippen LogP contribution in [0.25, 0.3) is 0 Å². The monoisotopic (exact) mass is 412 g/mol. The van der Waals surface area contributed by atoms with Gasteiger partial charge in [0.25, 0.3) is 10.2 Å². The summed E-state index contributed by atoms with van der Waals surface area (Å²) < 4.78 is 33.6. The molecule has 10 heteroatoms. The number of amides is 1. The molecule has 0 unspecified atom stereocenters. The van der Waals surface area contributed by atoms with E-state index < -0.39 is 15.6 Å². The standard InChI is InChI=1S/C16H32N4O4S.ClH/c1-3-16(4-2,13-17)15(21)18-14-5-7-19(8-6-14)25(22,23)20-9-11-24-12-10-20;/h14H,3-13,17H2,1-2H3,(H,18,21);1H. The SMILES string of the molecule is CCC(CC)(CN)C(=O)NC1CCN(S(=O)(=O)N2CCOCC2)CC1.Cl. The van der Waals surface area contributed by atoms with Gasteiger partial charge in [0.15, 0.2) is 0 Å². The molecule has 0 aromatic rings. The van der Waals surface area contributed by atoms with Crippen molar-refractivity contribution < 1.29 is 17.9 Å². The maximum absolute atomic E-state index is 12.7. The van der Waals surface area contributed by atoms with Crippen molar-refractivity contribution in [2.24, 2.45) is 11.1 Å². The number of carbonyl (C=O) groups excluding carboxylic acids is 1. The zero-order valence-electron chi connectivity index (χ0n) is 15.8. The molecule has 0 radical (unpaired) electrons. The summed E-state index contributed by atoms with van der Waals surface area (Å²) in [7, 11) is -3.43. The van der Waals surface area contributed by atoms with E-state index in [0.717, 1.165) is 0 Å². The van der Waals surface area contributed by atoms with E-state index in [4.69, 9.17) is 10.5 Å². The van der Waals surface area contributed by atoms with Gasteiger partial charge < -0.3 is 15.8 Å². The van der Waals surface area contributed by atoms with Crippen molar-refractivity contribution in [3.8, 4) is 0 Å². The number of piperidine rings is 1. The van der Waals surface area contributed by atoms with Crippen molar-refractivity contribution in [1.29, 1.82) is 0 Å². The van der Waals surface area contributed by atoms with Gasteiger partial charge in [0.1, 0.15) is 0 Å². The van der Waals surface area contributed by atoms with Crippen LogP contribution >= 0.6 is 12.4 Å². The van der Waals surface area contributed by atoms with Gasteiger partial charge in [-0.05, 0) is 25.7 Å². The van der Waals surface area contributed by atoms with E-state index in [2.05, 4.69) is 5.32 Å². The summed E-state index contributed by atoms with van der Waals surface area (Å²) in [5.41, 5.74) is 5.32. The van der Waals surface area contributed by atoms with Gasteiger partial charge in [-0.3, -0.25) is 4.79 Å². The Balaban J connectivity index is 0.00000338. The smallest absolute Gasteiger partial charge is 0.282 e. The third-order valence-corrected chi connectivity index (χ3v) is 7.67. The van der Waals surface area contributed by atoms with E-state index in [9.17, 15) is 13.2 Å². The summed E-state index contributed by atoms with van der Waals surface area (Å²) in [6, 6.07) is 0.00710. The van der Waals surface area contributed by atoms with E-state index >= 15 is 0 Å². The summed E-state index contributed by atoms with van der Waals surface area (Å²) in [5.74, 6) is -0.00511. The Morgan fingerprint density at radius 2 is 1.62 bits per heavy atom. The molecule has 0 aromatic carbocycles. The Hall–Kier alpha value is -0.450. The molecule has 2 saturated heterocycles. The molecular formula is C16H33ClN4O4S. The van der Waals surface area contributed by atoms with Crippen LogP contribution in [0.15, 0.2) is 0 Å². The van der Waals surface area contributed by atoms with Crippen LogP contribution in [0, 0.1) is 5.41 Å². The van der Waals surface area contributed by atoms with E-state index in [1.807, 2.05) is 13.8 Å². The summed E-state index contributed by atoms with van der Waals surface area (Å²) in [4.78, 5) is 12.6. The van der Waals surface area contributed by atoms with E-state index in [-0.39, 0.29) is 24.4 Å². The van der Waals surface area contributed by atoms with Crippen molar-refractivity contribution in [3.05, 3.63) is 0 Å². The molecular weight excluding hydrogens is 380 g/mol. The summed E-state index contributed by atoms with van der Waals surface area (Å²) in [6.07, 6.45) is 2.67. The van der Waals surface area contributed by atoms with Crippen LogP contribution in [0.1, 0.15) is 39.5 Å². The Morgan fingerprint density at radius 3 is 2.08 bits per heavy atom. The molecule has 0 saturated carbocycles. The number of carbonyl (C=O) groups is 1. The molecule has 1 amide bonds. The van der Waals surface area contributed by atoms with E-state index in [1.165, 1.54) is 8.61 Å². The zero-order valence-corrected chi connectivity index (χ0v) is 17.4. The van der Waals surface area contributed by atoms with Gasteiger partial charge in [0.2, 0.25) is 5.91 Å². The molecule has 0 atom stereocenters. The molecule has 26 heavy (non-hydrogen) atoms. The largest absolute Gasteiger partial charge is 0.379 e. The predicted octanol–water partition coefficient (Wildman–Crippen LogP) is 0.331. The van der Waals surface area contributed by atoms with Crippen LogP contribution in [0.4, 0.5) is 0 Å². The van der Waals surface area contributed by atoms with Gasteiger partial charge in [0.05, 0.1) is 18.6 Å². The van der Waals surface area contributed by atoms with Crippen molar-refractivity contribution in [3.63, 3.8) is 0 Å². The first-order valence-corrected chi connectivity index (χ1v) is 10.6. The van der Waals surface area contributed by atoms with Crippen LogP contribution < -0.4 is 11.1 Å². The predicted molar refractivity (Wildman–Crippen MR) is 103 cm³/mol. The average Bonchev–Trinajstić information content (AvgIpc) is 2.65. The normalized spacial score (nSPS) is 21.2. The topological polar surface area (TPSA) is 105 Å². The van der Waals surface area contributed by atoms with Crippen molar-refractivity contribution in [2.75, 3.05) is 45.9 Å². The molecule has 0 aliphatic carbocycles. The molecule has 2 aliphatic heterocycles. The summed E-state index contributed by atoms with van der Waals surface area (Å²) in [6.45, 7) is 6.85. The van der Waals surface area contributed by atoms with Crippen LogP contribution in [0.3, 0.4) is 0 Å². The Morgan fingerprint density at radius 1 is 1.12 bits per heavy atom. The molecule has 2 aliphatic rings. The molecule has 0 bridgehead atoms. The molecule has 2 fully saturated rings. The fourth-order valence-corrected chi connectivity index (χ4v) is 5.07. The minimum absolute atomic E-state index is 0. The lowest BCUT2D eigenvalue weighted by atomic mass is 9.81. The lowest BCUT2D eigenvalue weighted by molar-refractivity contribution is -0.132. The van der Waals surface area contributed by atoms with Gasteiger partial charge in [-0.15, -0.1) is 12.4 Å². The van der Waals surface area contributed by atoms with Crippen LogP contribution in [-0.4, -0.2) is 74.9 Å². The quantitative estimate of drug-likeness (QED) is 0.627. The molecule has 0 spiro atoms. The van der Waals surface area contributed by atoms with Gasteiger partial charge >= 0.3 is 0 Å².